The predicted molar refractivity (Wildman–Crippen MR) is 102 cm³/mol. The van der Waals surface area contributed by atoms with E-state index in [1.54, 1.807) is 22.1 Å². The van der Waals surface area contributed by atoms with Crippen LogP contribution in [0.5, 0.6) is 0 Å². The highest BCUT2D eigenvalue weighted by molar-refractivity contribution is 7.88. The van der Waals surface area contributed by atoms with Gasteiger partial charge in [-0.2, -0.15) is 9.40 Å². The average molecular weight is 388 g/mol. The number of hydrogen-bond donors (Lipinski definition) is 0. The van der Waals surface area contributed by atoms with E-state index in [0.29, 0.717) is 25.3 Å². The standard InChI is InChI=1S/C19H24N4O3S/c1-13-9-17(21(2)20-13)19(24)22-10-15-11-23(27(3,25)26)18(16(15)12-22)14-7-5-4-6-8-14/h4-9,15-16,18H,10-12H2,1-3H3/t15-,16-,18+/m1/s1. The third-order valence-electron chi connectivity index (χ3n) is 5.70. The Morgan fingerprint density at radius 3 is 2.44 bits per heavy atom. The van der Waals surface area contributed by atoms with E-state index >= 15 is 0 Å². The van der Waals surface area contributed by atoms with Gasteiger partial charge >= 0.3 is 0 Å². The van der Waals surface area contributed by atoms with Crippen LogP contribution in [0.15, 0.2) is 36.4 Å². The molecule has 0 aliphatic carbocycles. The quantitative estimate of drug-likeness (QED) is 0.797. The molecule has 2 aromatic rings. The lowest BCUT2D eigenvalue weighted by Gasteiger charge is -2.28. The van der Waals surface area contributed by atoms with E-state index in [9.17, 15) is 13.2 Å². The van der Waals surface area contributed by atoms with Crippen LogP contribution in [0, 0.1) is 18.8 Å². The summed E-state index contributed by atoms with van der Waals surface area (Å²) in [5.74, 6) is 0.203. The van der Waals surface area contributed by atoms with E-state index in [-0.39, 0.29) is 23.8 Å². The molecule has 0 saturated carbocycles. The largest absolute Gasteiger partial charge is 0.337 e. The molecule has 144 valence electrons. The second-order valence-electron chi connectivity index (χ2n) is 7.62. The first-order chi connectivity index (χ1) is 12.8. The Labute approximate surface area is 159 Å². The fourth-order valence-electron chi connectivity index (χ4n) is 4.55. The maximum Gasteiger partial charge on any atom is 0.272 e. The molecule has 3 atom stereocenters. The van der Waals surface area contributed by atoms with Crippen molar-refractivity contribution in [2.75, 3.05) is 25.9 Å². The molecule has 3 heterocycles. The average Bonchev–Trinajstić information content (AvgIpc) is 3.26. The van der Waals surface area contributed by atoms with Gasteiger partial charge in [0, 0.05) is 32.6 Å². The number of nitrogens with zero attached hydrogens (tertiary/aromatic N) is 4. The van der Waals surface area contributed by atoms with Gasteiger partial charge in [-0.05, 0) is 24.5 Å². The zero-order valence-corrected chi connectivity index (χ0v) is 16.6. The Morgan fingerprint density at radius 2 is 1.85 bits per heavy atom. The molecule has 1 amide bonds. The van der Waals surface area contributed by atoms with Crippen LogP contribution in [0.3, 0.4) is 0 Å². The highest BCUT2D eigenvalue weighted by Crippen LogP contribution is 2.46. The summed E-state index contributed by atoms with van der Waals surface area (Å²) < 4.78 is 28.0. The highest BCUT2D eigenvalue weighted by atomic mass is 32.2. The van der Waals surface area contributed by atoms with E-state index in [0.717, 1.165) is 11.3 Å². The summed E-state index contributed by atoms with van der Waals surface area (Å²) in [5.41, 5.74) is 2.37. The molecule has 27 heavy (non-hydrogen) atoms. The van der Waals surface area contributed by atoms with Gasteiger partial charge in [0.25, 0.3) is 5.91 Å². The number of sulfonamides is 1. The van der Waals surface area contributed by atoms with Crippen LogP contribution < -0.4 is 0 Å². The molecule has 2 aliphatic rings. The van der Waals surface area contributed by atoms with Crippen LogP contribution in [-0.2, 0) is 17.1 Å². The maximum atomic E-state index is 13.0. The minimum Gasteiger partial charge on any atom is -0.337 e. The summed E-state index contributed by atoms with van der Waals surface area (Å²) in [4.78, 5) is 14.8. The lowest BCUT2D eigenvalue weighted by molar-refractivity contribution is 0.0763. The van der Waals surface area contributed by atoms with Gasteiger partial charge < -0.3 is 4.90 Å². The van der Waals surface area contributed by atoms with Crippen LogP contribution in [-0.4, -0.2) is 59.2 Å². The number of benzene rings is 1. The van der Waals surface area contributed by atoms with Crippen molar-refractivity contribution in [2.24, 2.45) is 18.9 Å². The summed E-state index contributed by atoms with van der Waals surface area (Å²) >= 11 is 0. The first kappa shape index (κ1) is 18.2. The van der Waals surface area contributed by atoms with Gasteiger partial charge in [0.05, 0.1) is 18.0 Å². The Morgan fingerprint density at radius 1 is 1.15 bits per heavy atom. The van der Waals surface area contributed by atoms with E-state index in [1.807, 2.05) is 42.2 Å². The number of aryl methyl sites for hydroxylation is 2. The minimum atomic E-state index is -3.32. The number of aromatic nitrogens is 2. The van der Waals surface area contributed by atoms with Gasteiger partial charge in [-0.25, -0.2) is 8.42 Å². The molecule has 1 aromatic heterocycles. The molecule has 2 saturated heterocycles. The monoisotopic (exact) mass is 388 g/mol. The van der Waals surface area contributed by atoms with Gasteiger partial charge in [0.2, 0.25) is 10.0 Å². The van der Waals surface area contributed by atoms with E-state index in [2.05, 4.69) is 5.10 Å². The molecule has 0 radical (unpaired) electrons. The number of carbonyl (C=O) groups is 1. The Balaban J connectivity index is 1.63. The van der Waals surface area contributed by atoms with E-state index in [4.69, 9.17) is 0 Å². The first-order valence-electron chi connectivity index (χ1n) is 9.07. The fraction of sp³-hybridized carbons (Fsp3) is 0.474. The summed E-state index contributed by atoms with van der Waals surface area (Å²) in [5, 5.41) is 4.26. The smallest absolute Gasteiger partial charge is 0.272 e. The molecule has 0 spiro atoms. The lowest BCUT2D eigenvalue weighted by Crippen LogP contribution is -2.37. The second kappa shape index (κ2) is 6.45. The van der Waals surface area contributed by atoms with E-state index < -0.39 is 10.0 Å². The Bertz CT molecular complexity index is 970. The van der Waals surface area contributed by atoms with Crippen LogP contribution in [0.1, 0.15) is 27.8 Å². The molecule has 8 heteroatoms. The molecular formula is C19H24N4O3S. The topological polar surface area (TPSA) is 75.5 Å². The fourth-order valence-corrected chi connectivity index (χ4v) is 5.70. The summed E-state index contributed by atoms with van der Waals surface area (Å²) in [7, 11) is -1.55. The van der Waals surface area contributed by atoms with Gasteiger partial charge in [-0.1, -0.05) is 30.3 Å². The molecule has 2 aliphatic heterocycles. The van der Waals surface area contributed by atoms with Crippen LogP contribution in [0.4, 0.5) is 0 Å². The van der Waals surface area contributed by atoms with Crippen molar-refractivity contribution >= 4 is 15.9 Å². The van der Waals surface area contributed by atoms with E-state index in [1.165, 1.54) is 6.26 Å². The number of amides is 1. The van der Waals surface area contributed by atoms with Crippen molar-refractivity contribution in [3.05, 3.63) is 53.3 Å². The molecular weight excluding hydrogens is 364 g/mol. The zero-order valence-electron chi connectivity index (χ0n) is 15.7. The first-order valence-corrected chi connectivity index (χ1v) is 10.9. The van der Waals surface area contributed by atoms with Crippen molar-refractivity contribution in [3.63, 3.8) is 0 Å². The third-order valence-corrected chi connectivity index (χ3v) is 6.93. The number of rotatable bonds is 3. The van der Waals surface area contributed by atoms with Crippen molar-refractivity contribution in [2.45, 2.75) is 13.0 Å². The predicted octanol–water partition coefficient (Wildman–Crippen LogP) is 1.43. The molecule has 0 N–H and O–H groups in total. The minimum absolute atomic E-state index is 0.0368. The number of hydrogen-bond acceptors (Lipinski definition) is 4. The van der Waals surface area contributed by atoms with Crippen molar-refractivity contribution in [1.82, 2.24) is 19.0 Å². The Kier molecular flexibility index (Phi) is 4.35. The summed E-state index contributed by atoms with van der Waals surface area (Å²) in [6, 6.07) is 11.3. The molecule has 7 nitrogen and oxygen atoms in total. The molecule has 0 bridgehead atoms. The molecule has 1 aromatic carbocycles. The normalized spacial score (nSPS) is 25.7. The van der Waals surface area contributed by atoms with Crippen LogP contribution >= 0.6 is 0 Å². The number of fused-ring (bicyclic) bond motifs is 1. The SMILES string of the molecule is Cc1cc(C(=O)N2C[C@@H]3CN(S(C)(=O)=O)[C@@H](c4ccccc4)[C@@H]3C2)n(C)n1. The molecule has 0 unspecified atom stereocenters. The third kappa shape index (κ3) is 3.17. The molecule has 2 fully saturated rings. The second-order valence-corrected chi connectivity index (χ2v) is 9.55. The van der Waals surface area contributed by atoms with Crippen LogP contribution in [0.2, 0.25) is 0 Å². The number of carbonyl (C=O) groups excluding carboxylic acids is 1. The maximum absolute atomic E-state index is 13.0. The molecule has 4 rings (SSSR count). The van der Waals surface area contributed by atoms with Gasteiger partial charge in [-0.3, -0.25) is 9.48 Å². The van der Waals surface area contributed by atoms with Gasteiger partial charge in [0.15, 0.2) is 0 Å². The van der Waals surface area contributed by atoms with Crippen molar-refractivity contribution in [1.29, 1.82) is 0 Å². The number of likely N-dealkylation sites (tertiary alicyclic amines) is 1. The zero-order chi connectivity index (χ0) is 19.3. The van der Waals surface area contributed by atoms with Gasteiger partial charge in [-0.15, -0.1) is 0 Å². The van der Waals surface area contributed by atoms with Crippen molar-refractivity contribution in [3.8, 4) is 0 Å². The van der Waals surface area contributed by atoms with Gasteiger partial charge in [0.1, 0.15) is 5.69 Å². The van der Waals surface area contributed by atoms with Crippen molar-refractivity contribution < 1.29 is 13.2 Å². The Hall–Kier alpha value is -2.19. The highest BCUT2D eigenvalue weighted by Gasteiger charge is 2.51. The summed E-state index contributed by atoms with van der Waals surface area (Å²) in [6.07, 6.45) is 1.27. The lowest BCUT2D eigenvalue weighted by atomic mass is 9.90. The van der Waals surface area contributed by atoms with Crippen LogP contribution in [0.25, 0.3) is 0 Å². The summed E-state index contributed by atoms with van der Waals surface area (Å²) in [6.45, 7) is 3.45.